The smallest absolute Gasteiger partial charge is 0.325 e. The summed E-state index contributed by atoms with van der Waals surface area (Å²) in [6.45, 7) is 7.59. The first-order valence-corrected chi connectivity index (χ1v) is 7.46. The van der Waals surface area contributed by atoms with Crippen molar-refractivity contribution in [3.8, 4) is 0 Å². The number of rotatable bonds is 3. The van der Waals surface area contributed by atoms with E-state index in [0.717, 1.165) is 19.5 Å². The predicted octanol–water partition coefficient (Wildman–Crippen LogP) is 0.809. The Hall–Kier alpha value is -1.85. The molecule has 1 aromatic rings. The van der Waals surface area contributed by atoms with E-state index < -0.39 is 11.2 Å². The van der Waals surface area contributed by atoms with Gasteiger partial charge in [-0.1, -0.05) is 13.8 Å². The van der Waals surface area contributed by atoms with Gasteiger partial charge in [0.25, 0.3) is 5.56 Å². The molecule has 116 valence electrons. The minimum Gasteiger partial charge on any atom is -0.342 e. The first kappa shape index (κ1) is 15.5. The fraction of sp³-hybridized carbons (Fsp3) is 0.667. The van der Waals surface area contributed by atoms with Crippen LogP contribution in [0.5, 0.6) is 0 Å². The number of aryl methyl sites for hydroxylation is 1. The van der Waals surface area contributed by atoms with Gasteiger partial charge in [0.05, 0.1) is 0 Å². The molecular weight excluding hydrogens is 270 g/mol. The molecule has 1 amide bonds. The number of carbonyl (C=O) groups is 1. The third-order valence-electron chi connectivity index (χ3n) is 4.07. The normalized spacial score (nSPS) is 22.3. The van der Waals surface area contributed by atoms with Crippen LogP contribution in [0.4, 0.5) is 0 Å². The highest BCUT2D eigenvalue weighted by Gasteiger charge is 2.25. The van der Waals surface area contributed by atoms with Crippen molar-refractivity contribution in [2.24, 2.45) is 11.8 Å². The Morgan fingerprint density at radius 2 is 1.81 bits per heavy atom. The van der Waals surface area contributed by atoms with E-state index in [1.807, 2.05) is 4.90 Å². The van der Waals surface area contributed by atoms with Crippen LogP contribution in [0.15, 0.2) is 9.59 Å². The number of aromatic nitrogens is 2. The summed E-state index contributed by atoms with van der Waals surface area (Å²) in [7, 11) is 0. The Morgan fingerprint density at radius 1 is 1.19 bits per heavy atom. The monoisotopic (exact) mass is 293 g/mol. The molecule has 0 saturated carbocycles. The van der Waals surface area contributed by atoms with E-state index in [4.69, 9.17) is 0 Å². The Kier molecular flexibility index (Phi) is 4.65. The second-order valence-electron chi connectivity index (χ2n) is 6.26. The molecule has 0 spiro atoms. The van der Waals surface area contributed by atoms with Crippen LogP contribution in [0.1, 0.15) is 37.9 Å². The summed E-state index contributed by atoms with van der Waals surface area (Å²) in [5.41, 5.74) is 0.119. The maximum Gasteiger partial charge on any atom is 0.325 e. The number of hydrogen-bond acceptors (Lipinski definition) is 3. The number of H-pyrrole nitrogens is 2. The average molecular weight is 293 g/mol. The zero-order valence-electron chi connectivity index (χ0n) is 12.9. The molecule has 0 bridgehead atoms. The SMILES string of the molecule is Cc1[nH]c(=O)[nH]c(=O)c1CCC(=O)N1C[C@H](C)C[C@H](C)C1. The summed E-state index contributed by atoms with van der Waals surface area (Å²) >= 11 is 0. The number of aromatic amines is 2. The number of hydrogen-bond donors (Lipinski definition) is 2. The van der Waals surface area contributed by atoms with Gasteiger partial charge in [0.1, 0.15) is 0 Å². The van der Waals surface area contributed by atoms with Crippen LogP contribution in [0.2, 0.25) is 0 Å². The van der Waals surface area contributed by atoms with Crippen molar-refractivity contribution in [2.45, 2.75) is 40.0 Å². The van der Waals surface area contributed by atoms with Crippen LogP contribution >= 0.6 is 0 Å². The quantitative estimate of drug-likeness (QED) is 0.864. The maximum absolute atomic E-state index is 12.3. The molecule has 21 heavy (non-hydrogen) atoms. The minimum atomic E-state index is -0.508. The predicted molar refractivity (Wildman–Crippen MR) is 80.3 cm³/mol. The first-order valence-electron chi connectivity index (χ1n) is 7.46. The molecule has 6 heteroatoms. The fourth-order valence-corrected chi connectivity index (χ4v) is 3.18. The molecule has 1 aromatic heterocycles. The van der Waals surface area contributed by atoms with Gasteiger partial charge in [-0.15, -0.1) is 0 Å². The van der Waals surface area contributed by atoms with E-state index in [1.165, 1.54) is 0 Å². The van der Waals surface area contributed by atoms with Crippen LogP contribution in [0, 0.1) is 18.8 Å². The fourth-order valence-electron chi connectivity index (χ4n) is 3.18. The van der Waals surface area contributed by atoms with Gasteiger partial charge in [0, 0.05) is 30.8 Å². The van der Waals surface area contributed by atoms with Crippen molar-refractivity contribution >= 4 is 5.91 Å². The van der Waals surface area contributed by atoms with Gasteiger partial charge >= 0.3 is 5.69 Å². The van der Waals surface area contributed by atoms with E-state index in [9.17, 15) is 14.4 Å². The van der Waals surface area contributed by atoms with Gasteiger partial charge in [-0.3, -0.25) is 14.6 Å². The van der Waals surface area contributed by atoms with Crippen molar-refractivity contribution in [1.29, 1.82) is 0 Å². The maximum atomic E-state index is 12.3. The molecule has 0 aromatic carbocycles. The highest BCUT2D eigenvalue weighted by Crippen LogP contribution is 2.21. The molecule has 2 rings (SSSR count). The van der Waals surface area contributed by atoms with Gasteiger partial charge in [0.15, 0.2) is 0 Å². The summed E-state index contributed by atoms with van der Waals surface area (Å²) in [6, 6.07) is 0. The third kappa shape index (κ3) is 3.83. The van der Waals surface area contributed by atoms with E-state index in [2.05, 4.69) is 23.8 Å². The molecule has 2 N–H and O–H groups in total. The Bertz CT molecular complexity index is 622. The van der Waals surface area contributed by atoms with Crippen molar-refractivity contribution < 1.29 is 4.79 Å². The van der Waals surface area contributed by atoms with Crippen molar-refractivity contribution in [1.82, 2.24) is 14.9 Å². The Morgan fingerprint density at radius 3 is 2.38 bits per heavy atom. The zero-order chi connectivity index (χ0) is 15.6. The van der Waals surface area contributed by atoms with E-state index in [0.29, 0.717) is 35.9 Å². The van der Waals surface area contributed by atoms with Crippen molar-refractivity contribution in [3.63, 3.8) is 0 Å². The van der Waals surface area contributed by atoms with Crippen molar-refractivity contribution in [3.05, 3.63) is 32.1 Å². The highest BCUT2D eigenvalue weighted by atomic mass is 16.2. The topological polar surface area (TPSA) is 86.0 Å². The van der Waals surface area contributed by atoms with Gasteiger partial charge in [-0.05, 0) is 31.6 Å². The van der Waals surface area contributed by atoms with E-state index in [-0.39, 0.29) is 5.91 Å². The first-order chi connectivity index (χ1) is 9.86. The number of likely N-dealkylation sites (tertiary alicyclic amines) is 1. The molecule has 0 aliphatic carbocycles. The van der Waals surface area contributed by atoms with E-state index >= 15 is 0 Å². The molecule has 6 nitrogen and oxygen atoms in total. The lowest BCUT2D eigenvalue weighted by atomic mass is 9.91. The molecule has 0 unspecified atom stereocenters. The molecule has 2 atom stereocenters. The van der Waals surface area contributed by atoms with Gasteiger partial charge in [-0.25, -0.2) is 4.79 Å². The number of amides is 1. The van der Waals surface area contributed by atoms with Gasteiger partial charge in [-0.2, -0.15) is 0 Å². The standard InChI is InChI=1S/C15H23N3O3/c1-9-6-10(2)8-18(7-9)13(19)5-4-12-11(3)16-15(21)17-14(12)20/h9-10H,4-8H2,1-3H3,(H2,16,17,20,21)/t9-,10+. The van der Waals surface area contributed by atoms with Gasteiger partial charge in [0.2, 0.25) is 5.91 Å². The van der Waals surface area contributed by atoms with Crippen LogP contribution in [-0.4, -0.2) is 33.9 Å². The second-order valence-corrected chi connectivity index (χ2v) is 6.26. The third-order valence-corrected chi connectivity index (χ3v) is 4.07. The summed E-state index contributed by atoms with van der Waals surface area (Å²) in [5, 5.41) is 0. The molecule has 1 aliphatic rings. The summed E-state index contributed by atoms with van der Waals surface area (Å²) in [6.07, 6.45) is 1.81. The molecule has 1 fully saturated rings. The molecule has 1 aliphatic heterocycles. The lowest BCUT2D eigenvalue weighted by Gasteiger charge is -2.35. The minimum absolute atomic E-state index is 0.0819. The zero-order valence-corrected chi connectivity index (χ0v) is 12.9. The summed E-state index contributed by atoms with van der Waals surface area (Å²) < 4.78 is 0. The van der Waals surface area contributed by atoms with Gasteiger partial charge < -0.3 is 9.88 Å². The number of nitrogens with zero attached hydrogens (tertiary/aromatic N) is 1. The summed E-state index contributed by atoms with van der Waals surface area (Å²) in [4.78, 5) is 41.8. The van der Waals surface area contributed by atoms with E-state index in [1.54, 1.807) is 6.92 Å². The summed E-state index contributed by atoms with van der Waals surface area (Å²) in [5.74, 6) is 1.13. The largest absolute Gasteiger partial charge is 0.342 e. The van der Waals surface area contributed by atoms with Crippen LogP contribution < -0.4 is 11.2 Å². The second kappa shape index (κ2) is 6.28. The van der Waals surface area contributed by atoms with Crippen LogP contribution in [0.3, 0.4) is 0 Å². The Balaban J connectivity index is 2.01. The highest BCUT2D eigenvalue weighted by molar-refractivity contribution is 5.76. The van der Waals surface area contributed by atoms with Crippen molar-refractivity contribution in [2.75, 3.05) is 13.1 Å². The molecule has 0 radical (unpaired) electrons. The molecule has 2 heterocycles. The molecular formula is C15H23N3O3. The van der Waals surface area contributed by atoms with Crippen LogP contribution in [0.25, 0.3) is 0 Å². The lowest BCUT2D eigenvalue weighted by molar-refractivity contribution is -0.133. The Labute approximate surface area is 123 Å². The molecule has 1 saturated heterocycles. The number of carbonyl (C=O) groups excluding carboxylic acids is 1. The average Bonchev–Trinajstić information content (AvgIpc) is 2.35. The number of piperidine rings is 1. The van der Waals surface area contributed by atoms with Crippen LogP contribution in [-0.2, 0) is 11.2 Å². The lowest BCUT2D eigenvalue weighted by Crippen LogP contribution is -2.42. The number of nitrogens with one attached hydrogen (secondary N) is 2.